The van der Waals surface area contributed by atoms with Crippen LogP contribution in [-0.2, 0) is 6.42 Å². The number of hydrogen-bond donors (Lipinski definition) is 1. The molecule has 0 aliphatic carbocycles. The van der Waals surface area contributed by atoms with E-state index in [2.05, 4.69) is 29.5 Å². The second-order valence-corrected chi connectivity index (χ2v) is 8.80. The van der Waals surface area contributed by atoms with E-state index < -0.39 is 6.04 Å². The molecule has 1 aliphatic rings. The number of nitrogens with zero attached hydrogens (tertiary/aromatic N) is 3. The van der Waals surface area contributed by atoms with E-state index in [0.29, 0.717) is 28.8 Å². The molecule has 0 spiro atoms. The number of carbonyl (C=O) groups excluding carboxylic acids is 1. The highest BCUT2D eigenvalue weighted by Crippen LogP contribution is 2.39. The minimum atomic E-state index is -0.441. The van der Waals surface area contributed by atoms with Crippen LogP contribution in [0.25, 0.3) is 17.0 Å². The molecule has 182 valence electrons. The molecule has 7 heteroatoms. The van der Waals surface area contributed by atoms with Crippen molar-refractivity contribution in [3.8, 4) is 17.1 Å². The van der Waals surface area contributed by atoms with Crippen LogP contribution in [0.5, 0.6) is 5.75 Å². The monoisotopic (exact) mass is 480 g/mol. The SMILES string of the molecule is CCc1ccc(-c2noc(C3=C(C)N(c4ccc(OC)cc4)C(=O)NC3c3ccc(C)cc3)n2)cc1. The van der Waals surface area contributed by atoms with E-state index in [1.165, 1.54) is 5.56 Å². The van der Waals surface area contributed by atoms with E-state index >= 15 is 0 Å². The second-order valence-electron chi connectivity index (χ2n) is 8.80. The Morgan fingerprint density at radius 3 is 2.31 bits per heavy atom. The molecule has 1 aromatic heterocycles. The van der Waals surface area contributed by atoms with Crippen LogP contribution < -0.4 is 15.0 Å². The summed E-state index contributed by atoms with van der Waals surface area (Å²) >= 11 is 0. The molecule has 3 aromatic carbocycles. The van der Waals surface area contributed by atoms with Gasteiger partial charge in [0, 0.05) is 11.3 Å². The van der Waals surface area contributed by atoms with Crippen LogP contribution in [0, 0.1) is 6.92 Å². The van der Waals surface area contributed by atoms with E-state index in [1.54, 1.807) is 12.0 Å². The zero-order chi connectivity index (χ0) is 25.2. The summed E-state index contributed by atoms with van der Waals surface area (Å²) in [4.78, 5) is 19.7. The van der Waals surface area contributed by atoms with Gasteiger partial charge in [-0.1, -0.05) is 66.2 Å². The third-order valence-electron chi connectivity index (χ3n) is 6.50. The summed E-state index contributed by atoms with van der Waals surface area (Å²) in [7, 11) is 1.61. The molecule has 5 rings (SSSR count). The highest BCUT2D eigenvalue weighted by Gasteiger charge is 2.36. The fourth-order valence-corrected chi connectivity index (χ4v) is 4.41. The van der Waals surface area contributed by atoms with Crippen LogP contribution in [0.3, 0.4) is 0 Å². The molecule has 1 N–H and O–H groups in total. The van der Waals surface area contributed by atoms with E-state index in [9.17, 15) is 4.79 Å². The molecule has 0 radical (unpaired) electrons. The summed E-state index contributed by atoms with van der Waals surface area (Å²) in [5, 5.41) is 7.41. The van der Waals surface area contributed by atoms with Gasteiger partial charge in [0.05, 0.1) is 24.4 Å². The molecule has 36 heavy (non-hydrogen) atoms. The Labute approximate surface area is 210 Å². The summed E-state index contributed by atoms with van der Waals surface area (Å²) in [6.07, 6.45) is 0.961. The standard InChI is InChI=1S/C29H28N4O3/c1-5-20-8-12-22(13-9-20)27-31-28(36-32-27)25-19(3)33(23-14-16-24(35-4)17-15-23)29(34)30-26(25)21-10-6-18(2)7-11-21/h6-17,26H,5H2,1-4H3,(H,30,34). The van der Waals surface area contributed by atoms with Crippen molar-refractivity contribution in [3.63, 3.8) is 0 Å². The maximum absolute atomic E-state index is 13.4. The number of anilines is 1. The number of nitrogens with one attached hydrogen (secondary N) is 1. The minimum Gasteiger partial charge on any atom is -0.497 e. The van der Waals surface area contributed by atoms with Gasteiger partial charge in [-0.15, -0.1) is 0 Å². The maximum atomic E-state index is 13.4. The molecule has 4 aromatic rings. The predicted molar refractivity (Wildman–Crippen MR) is 140 cm³/mol. The number of amides is 2. The van der Waals surface area contributed by atoms with E-state index in [4.69, 9.17) is 14.2 Å². The van der Waals surface area contributed by atoms with Crippen molar-refractivity contribution in [3.05, 3.63) is 101 Å². The zero-order valence-electron chi connectivity index (χ0n) is 20.8. The molecule has 7 nitrogen and oxygen atoms in total. The molecule has 1 aliphatic heterocycles. The molecule has 1 atom stereocenters. The average Bonchev–Trinajstić information content (AvgIpc) is 3.39. The molecule has 2 heterocycles. The van der Waals surface area contributed by atoms with Crippen molar-refractivity contribution in [2.45, 2.75) is 33.2 Å². The molecular formula is C29H28N4O3. The summed E-state index contributed by atoms with van der Waals surface area (Å²) in [6, 6.07) is 22.9. The topological polar surface area (TPSA) is 80.5 Å². The first kappa shape index (κ1) is 23.4. The van der Waals surface area contributed by atoms with Crippen molar-refractivity contribution < 1.29 is 14.1 Å². The largest absolute Gasteiger partial charge is 0.497 e. The van der Waals surface area contributed by atoms with Crippen LogP contribution in [0.15, 0.2) is 83.0 Å². The molecule has 0 saturated carbocycles. The fraction of sp³-hybridized carbons (Fsp3) is 0.207. The lowest BCUT2D eigenvalue weighted by atomic mass is 9.94. The van der Waals surface area contributed by atoms with Gasteiger partial charge < -0.3 is 14.6 Å². The summed E-state index contributed by atoms with van der Waals surface area (Å²) in [5.41, 5.74) is 6.36. The van der Waals surface area contributed by atoms with Gasteiger partial charge in [0.1, 0.15) is 5.75 Å². The van der Waals surface area contributed by atoms with Crippen molar-refractivity contribution >= 4 is 17.3 Å². The first-order valence-electron chi connectivity index (χ1n) is 11.9. The highest BCUT2D eigenvalue weighted by molar-refractivity contribution is 6.01. The molecule has 0 saturated heterocycles. The molecule has 1 unspecified atom stereocenters. The predicted octanol–water partition coefficient (Wildman–Crippen LogP) is 6.32. The smallest absolute Gasteiger partial charge is 0.326 e. The van der Waals surface area contributed by atoms with Crippen molar-refractivity contribution in [1.82, 2.24) is 15.5 Å². The van der Waals surface area contributed by atoms with Crippen LogP contribution in [0.1, 0.15) is 42.5 Å². The Kier molecular flexibility index (Phi) is 6.29. The van der Waals surface area contributed by atoms with Gasteiger partial charge in [0.15, 0.2) is 0 Å². The molecule has 2 amide bonds. The number of hydrogen-bond acceptors (Lipinski definition) is 5. The third-order valence-corrected chi connectivity index (χ3v) is 6.50. The van der Waals surface area contributed by atoms with Crippen LogP contribution >= 0.6 is 0 Å². The lowest BCUT2D eigenvalue weighted by molar-refractivity contribution is 0.244. The lowest BCUT2D eigenvalue weighted by Gasteiger charge is -2.35. The summed E-state index contributed by atoms with van der Waals surface area (Å²) < 4.78 is 11.1. The molecule has 0 bridgehead atoms. The van der Waals surface area contributed by atoms with Crippen LogP contribution in [0.4, 0.5) is 10.5 Å². The van der Waals surface area contributed by atoms with E-state index in [-0.39, 0.29) is 6.03 Å². The van der Waals surface area contributed by atoms with Gasteiger partial charge >= 0.3 is 6.03 Å². The highest BCUT2D eigenvalue weighted by atomic mass is 16.5. The number of ether oxygens (including phenoxy) is 1. The number of aromatic nitrogens is 2. The van der Waals surface area contributed by atoms with Gasteiger partial charge in [0.25, 0.3) is 5.89 Å². The average molecular weight is 481 g/mol. The van der Waals surface area contributed by atoms with E-state index in [1.807, 2.05) is 74.5 Å². The summed E-state index contributed by atoms with van der Waals surface area (Å²) in [5.74, 6) is 1.58. The van der Waals surface area contributed by atoms with Gasteiger partial charge in [-0.05, 0) is 55.7 Å². The summed E-state index contributed by atoms with van der Waals surface area (Å²) in [6.45, 7) is 6.05. The van der Waals surface area contributed by atoms with Gasteiger partial charge in [-0.3, -0.25) is 4.90 Å². The van der Waals surface area contributed by atoms with Crippen molar-refractivity contribution in [2.24, 2.45) is 0 Å². The van der Waals surface area contributed by atoms with Crippen LogP contribution in [0.2, 0.25) is 0 Å². The number of methoxy groups -OCH3 is 1. The van der Waals surface area contributed by atoms with Gasteiger partial charge in [-0.2, -0.15) is 4.98 Å². The molecular weight excluding hydrogens is 452 g/mol. The molecule has 0 fully saturated rings. The quantitative estimate of drug-likeness (QED) is 0.349. The van der Waals surface area contributed by atoms with Gasteiger partial charge in [0.2, 0.25) is 5.82 Å². The maximum Gasteiger partial charge on any atom is 0.326 e. The number of urea groups is 1. The Morgan fingerprint density at radius 1 is 0.972 bits per heavy atom. The Bertz CT molecular complexity index is 1400. The zero-order valence-corrected chi connectivity index (χ0v) is 20.8. The van der Waals surface area contributed by atoms with Gasteiger partial charge in [-0.25, -0.2) is 4.79 Å². The number of rotatable bonds is 6. The Hall–Kier alpha value is -4.39. The lowest BCUT2D eigenvalue weighted by Crippen LogP contribution is -2.46. The van der Waals surface area contributed by atoms with E-state index in [0.717, 1.165) is 28.7 Å². The Balaban J connectivity index is 1.61. The first-order valence-corrected chi connectivity index (χ1v) is 11.9. The number of carbonyl (C=O) groups is 1. The van der Waals surface area contributed by atoms with Crippen molar-refractivity contribution in [2.75, 3.05) is 12.0 Å². The van der Waals surface area contributed by atoms with Crippen LogP contribution in [-0.4, -0.2) is 23.3 Å². The second kappa shape index (κ2) is 9.70. The number of allylic oxidation sites excluding steroid dienone is 1. The number of aryl methyl sites for hydroxylation is 2. The first-order chi connectivity index (χ1) is 17.5. The normalized spacial score (nSPS) is 15.7. The van der Waals surface area contributed by atoms with Crippen molar-refractivity contribution in [1.29, 1.82) is 0 Å². The number of benzene rings is 3. The third kappa shape index (κ3) is 4.35. The minimum absolute atomic E-state index is 0.234. The Morgan fingerprint density at radius 2 is 1.67 bits per heavy atom. The fourth-order valence-electron chi connectivity index (χ4n) is 4.41.